The van der Waals surface area contributed by atoms with Crippen LogP contribution in [0.2, 0.25) is 0 Å². The molecule has 0 fully saturated rings. The van der Waals surface area contributed by atoms with Crippen LogP contribution in [0.1, 0.15) is 34.1 Å². The molecule has 4 aromatic rings. The number of Topliss-reactive ketones (excluding diaryl/α,β-unsaturated/α-hetero) is 1. The molecular weight excluding hydrogens is 439 g/mol. The van der Waals surface area contributed by atoms with Gasteiger partial charge in [0.05, 0.1) is 12.2 Å². The third-order valence-corrected chi connectivity index (χ3v) is 10.2. The Morgan fingerprint density at radius 2 is 1.03 bits per heavy atom. The first kappa shape index (κ1) is 23.6. The quantitative estimate of drug-likeness (QED) is 0.187. The van der Waals surface area contributed by atoms with Crippen LogP contribution < -0.4 is 15.9 Å². The summed E-state index contributed by atoms with van der Waals surface area (Å²) in [6.07, 6.45) is 1.14. The van der Waals surface area contributed by atoms with Crippen LogP contribution in [0.3, 0.4) is 0 Å². The Hall–Kier alpha value is -3.55. The highest BCUT2D eigenvalue weighted by Gasteiger charge is 2.47. The fourth-order valence-electron chi connectivity index (χ4n) is 4.15. The molecule has 0 aliphatic heterocycles. The van der Waals surface area contributed by atoms with Gasteiger partial charge in [-0.2, -0.15) is 0 Å². The molecule has 0 N–H and O–H groups in total. The van der Waals surface area contributed by atoms with Gasteiger partial charge in [0.15, 0.2) is 0 Å². The van der Waals surface area contributed by atoms with Crippen LogP contribution in [0.25, 0.3) is 0 Å². The molecule has 3 nitrogen and oxygen atoms in total. The minimum Gasteiger partial charge on any atom is -0.462 e. The van der Waals surface area contributed by atoms with E-state index in [-0.39, 0.29) is 11.8 Å². The lowest BCUT2D eigenvalue weighted by molar-refractivity contribution is 0.0505. The van der Waals surface area contributed by atoms with E-state index < -0.39 is 7.26 Å². The number of carbonyl (C=O) groups excluding carboxylic acids is 2. The predicted molar refractivity (Wildman–Crippen MR) is 141 cm³/mol. The highest BCUT2D eigenvalue weighted by Crippen LogP contribution is 2.55. The number of hydrogen-bond acceptors (Lipinski definition) is 3. The van der Waals surface area contributed by atoms with E-state index in [0.29, 0.717) is 23.9 Å². The van der Waals surface area contributed by atoms with E-state index in [1.54, 1.807) is 24.3 Å². The Kier molecular flexibility index (Phi) is 7.67. The van der Waals surface area contributed by atoms with Crippen LogP contribution in [0.5, 0.6) is 0 Å². The molecule has 0 unspecified atom stereocenters. The summed E-state index contributed by atoms with van der Waals surface area (Å²) in [5, 5.41) is 3.50. The topological polar surface area (TPSA) is 43.4 Å². The third-order valence-electron chi connectivity index (χ3n) is 5.85. The Balaban J connectivity index is 1.76. The van der Waals surface area contributed by atoms with E-state index in [9.17, 15) is 9.59 Å². The van der Waals surface area contributed by atoms with Crippen molar-refractivity contribution in [1.82, 2.24) is 0 Å². The minimum absolute atomic E-state index is 0.0540. The van der Waals surface area contributed by atoms with Crippen LogP contribution in [-0.2, 0) is 4.74 Å². The average molecular weight is 468 g/mol. The van der Waals surface area contributed by atoms with Crippen molar-refractivity contribution < 1.29 is 14.3 Å². The zero-order valence-corrected chi connectivity index (χ0v) is 20.2. The van der Waals surface area contributed by atoms with Crippen molar-refractivity contribution in [3.8, 4) is 0 Å². The molecule has 4 aromatic carbocycles. The van der Waals surface area contributed by atoms with E-state index >= 15 is 0 Å². The van der Waals surface area contributed by atoms with Gasteiger partial charge in [0, 0.05) is 5.56 Å². The SMILES string of the molecule is CCCOC(=O)c1ccc(C(=O)C[P+](c2ccccc2)(c2ccccc2)c2ccccc2)cc1. The number of benzene rings is 4. The Bertz CT molecular complexity index is 1120. The number of ether oxygens (including phenoxy) is 1. The molecule has 0 atom stereocenters. The normalized spacial score (nSPS) is 11.1. The van der Waals surface area contributed by atoms with Gasteiger partial charge >= 0.3 is 5.97 Å². The van der Waals surface area contributed by atoms with Crippen LogP contribution in [0, 0.1) is 0 Å². The first-order valence-electron chi connectivity index (χ1n) is 11.5. The molecule has 0 amide bonds. The lowest BCUT2D eigenvalue weighted by Crippen LogP contribution is -2.35. The molecule has 0 heterocycles. The van der Waals surface area contributed by atoms with Crippen molar-refractivity contribution in [2.45, 2.75) is 13.3 Å². The van der Waals surface area contributed by atoms with E-state index in [0.717, 1.165) is 6.42 Å². The number of carbonyl (C=O) groups is 2. The lowest BCUT2D eigenvalue weighted by atomic mass is 10.1. The maximum Gasteiger partial charge on any atom is 0.338 e. The van der Waals surface area contributed by atoms with Gasteiger partial charge < -0.3 is 4.74 Å². The van der Waals surface area contributed by atoms with E-state index in [1.807, 2.05) is 61.5 Å². The van der Waals surface area contributed by atoms with Gasteiger partial charge in [-0.25, -0.2) is 4.79 Å². The highest BCUT2D eigenvalue weighted by molar-refractivity contribution is 7.96. The summed E-state index contributed by atoms with van der Waals surface area (Å²) in [4.78, 5) is 25.9. The van der Waals surface area contributed by atoms with E-state index in [4.69, 9.17) is 4.74 Å². The Labute approximate surface area is 201 Å². The maximum atomic E-state index is 13.7. The zero-order valence-electron chi connectivity index (χ0n) is 19.3. The van der Waals surface area contributed by atoms with E-state index in [2.05, 4.69) is 36.4 Å². The van der Waals surface area contributed by atoms with Crippen LogP contribution >= 0.6 is 7.26 Å². The van der Waals surface area contributed by atoms with Crippen molar-refractivity contribution in [3.63, 3.8) is 0 Å². The fraction of sp³-hybridized carbons (Fsp3) is 0.133. The standard InChI is InChI=1S/C30H28O3P/c1-2-22-33-30(32)25-20-18-24(19-21-25)29(31)23-34(26-12-6-3-7-13-26,27-14-8-4-9-15-27)28-16-10-5-11-17-28/h3-21H,2,22-23H2,1H3/q+1. The summed E-state index contributed by atoms with van der Waals surface area (Å²) in [5.74, 6) is -0.307. The highest BCUT2D eigenvalue weighted by atomic mass is 31.2. The maximum absolute atomic E-state index is 13.7. The van der Waals surface area contributed by atoms with Crippen molar-refractivity contribution >= 4 is 34.9 Å². The number of hydrogen-bond donors (Lipinski definition) is 0. The van der Waals surface area contributed by atoms with Gasteiger partial charge in [-0.3, -0.25) is 4.79 Å². The molecule has 0 aromatic heterocycles. The monoisotopic (exact) mass is 467 g/mol. The molecule has 34 heavy (non-hydrogen) atoms. The average Bonchev–Trinajstić information content (AvgIpc) is 2.92. The minimum atomic E-state index is -2.26. The van der Waals surface area contributed by atoms with Gasteiger partial charge in [0.1, 0.15) is 29.3 Å². The van der Waals surface area contributed by atoms with Gasteiger partial charge in [-0.1, -0.05) is 73.7 Å². The summed E-state index contributed by atoms with van der Waals surface area (Å²) in [6.45, 7) is 2.34. The molecule has 4 rings (SSSR count). The number of esters is 1. The molecule has 170 valence electrons. The van der Waals surface area contributed by atoms with Crippen LogP contribution in [0.15, 0.2) is 115 Å². The summed E-state index contributed by atoms with van der Waals surface area (Å²) in [7, 11) is -2.26. The number of rotatable bonds is 9. The summed E-state index contributed by atoms with van der Waals surface area (Å²) in [6, 6.07) is 37.9. The fourth-order valence-corrected chi connectivity index (χ4v) is 8.24. The molecule has 0 aliphatic rings. The Morgan fingerprint density at radius 3 is 1.44 bits per heavy atom. The first-order valence-corrected chi connectivity index (χ1v) is 13.5. The van der Waals surface area contributed by atoms with Crippen LogP contribution in [-0.4, -0.2) is 24.5 Å². The smallest absolute Gasteiger partial charge is 0.338 e. The van der Waals surface area contributed by atoms with E-state index in [1.165, 1.54) is 15.9 Å². The van der Waals surface area contributed by atoms with Gasteiger partial charge in [-0.05, 0) is 55.0 Å². The molecule has 0 spiro atoms. The number of ketones is 1. The third kappa shape index (κ3) is 5.00. The first-order chi connectivity index (χ1) is 16.6. The van der Waals surface area contributed by atoms with Crippen molar-refractivity contribution in [2.24, 2.45) is 0 Å². The van der Waals surface area contributed by atoms with Crippen LogP contribution in [0.4, 0.5) is 0 Å². The van der Waals surface area contributed by atoms with Gasteiger partial charge in [-0.15, -0.1) is 0 Å². The van der Waals surface area contributed by atoms with Crippen molar-refractivity contribution in [3.05, 3.63) is 126 Å². The summed E-state index contributed by atoms with van der Waals surface area (Å²) < 4.78 is 5.21. The summed E-state index contributed by atoms with van der Waals surface area (Å²) in [5.41, 5.74) is 1.06. The molecule has 0 saturated heterocycles. The molecule has 0 bridgehead atoms. The Morgan fingerprint density at radius 1 is 0.618 bits per heavy atom. The van der Waals surface area contributed by atoms with Gasteiger partial charge in [0.25, 0.3) is 0 Å². The molecule has 0 aliphatic carbocycles. The second kappa shape index (κ2) is 11.0. The summed E-state index contributed by atoms with van der Waals surface area (Å²) >= 11 is 0. The van der Waals surface area contributed by atoms with Gasteiger partial charge in [0.2, 0.25) is 5.78 Å². The molecular formula is C30H28O3P+. The zero-order chi connectivity index (χ0) is 23.8. The molecule has 4 heteroatoms. The molecule has 0 radical (unpaired) electrons. The second-order valence-electron chi connectivity index (χ2n) is 8.11. The predicted octanol–water partition coefficient (Wildman–Crippen LogP) is 5.43. The second-order valence-corrected chi connectivity index (χ2v) is 11.6. The lowest BCUT2D eigenvalue weighted by Gasteiger charge is -2.27. The largest absolute Gasteiger partial charge is 0.462 e. The van der Waals surface area contributed by atoms with Crippen molar-refractivity contribution in [1.29, 1.82) is 0 Å². The van der Waals surface area contributed by atoms with Crippen molar-refractivity contribution in [2.75, 3.05) is 12.8 Å². The molecule has 0 saturated carbocycles.